The van der Waals surface area contributed by atoms with E-state index in [1.165, 1.54) is 16.7 Å². The summed E-state index contributed by atoms with van der Waals surface area (Å²) in [6.07, 6.45) is 4.20. The van der Waals surface area contributed by atoms with Gasteiger partial charge in [0.05, 0.1) is 19.4 Å². The van der Waals surface area contributed by atoms with Gasteiger partial charge in [-0.25, -0.2) is 0 Å². The second-order valence-electron chi connectivity index (χ2n) is 6.71. The van der Waals surface area contributed by atoms with Gasteiger partial charge in [-0.05, 0) is 30.7 Å². The molecule has 1 saturated heterocycles. The van der Waals surface area contributed by atoms with E-state index in [-0.39, 0.29) is 6.23 Å². The highest BCUT2D eigenvalue weighted by Gasteiger charge is 2.27. The lowest BCUT2D eigenvalue weighted by atomic mass is 10.1. The molecule has 0 aliphatic carbocycles. The van der Waals surface area contributed by atoms with Crippen LogP contribution in [0, 0.1) is 6.92 Å². The number of nitrogens with zero attached hydrogens (tertiary/aromatic N) is 2. The van der Waals surface area contributed by atoms with Gasteiger partial charge in [0.15, 0.2) is 0 Å². The number of ether oxygens (including phenoxy) is 2. The predicted octanol–water partition coefficient (Wildman–Crippen LogP) is 4.33. The van der Waals surface area contributed by atoms with Crippen molar-refractivity contribution in [3.63, 3.8) is 0 Å². The molecule has 0 saturated carbocycles. The summed E-state index contributed by atoms with van der Waals surface area (Å²) in [6.45, 7) is 4.73. The van der Waals surface area contributed by atoms with Crippen molar-refractivity contribution in [3.05, 3.63) is 83.7 Å². The number of methoxy groups -OCH3 is 1. The predicted molar refractivity (Wildman–Crippen MR) is 103 cm³/mol. The zero-order valence-electron chi connectivity index (χ0n) is 15.3. The summed E-state index contributed by atoms with van der Waals surface area (Å²) in [4.78, 5) is 2.39. The van der Waals surface area contributed by atoms with Crippen LogP contribution in [0.25, 0.3) is 5.69 Å². The van der Waals surface area contributed by atoms with Gasteiger partial charge in [-0.3, -0.25) is 4.90 Å². The molecule has 0 spiro atoms. The van der Waals surface area contributed by atoms with Gasteiger partial charge in [-0.1, -0.05) is 42.0 Å². The van der Waals surface area contributed by atoms with E-state index in [0.29, 0.717) is 0 Å². The Kier molecular flexibility index (Phi) is 4.78. The molecule has 3 aromatic rings. The first-order valence-corrected chi connectivity index (χ1v) is 8.97. The van der Waals surface area contributed by atoms with E-state index < -0.39 is 0 Å². The second kappa shape index (κ2) is 7.36. The Morgan fingerprint density at radius 3 is 2.85 bits per heavy atom. The monoisotopic (exact) mass is 348 g/mol. The highest BCUT2D eigenvalue weighted by Crippen LogP contribution is 2.31. The minimum absolute atomic E-state index is 0.00790. The number of aryl methyl sites for hydroxylation is 1. The number of aromatic nitrogens is 1. The molecule has 0 amide bonds. The summed E-state index contributed by atoms with van der Waals surface area (Å²) in [5.41, 5.74) is 4.82. The third-order valence-corrected chi connectivity index (χ3v) is 4.82. The minimum Gasteiger partial charge on any atom is -0.495 e. The molecule has 1 aromatic heterocycles. The van der Waals surface area contributed by atoms with Crippen LogP contribution in [0.4, 0.5) is 0 Å². The molecular weight excluding hydrogens is 324 g/mol. The van der Waals surface area contributed by atoms with Crippen molar-refractivity contribution in [2.45, 2.75) is 19.7 Å². The summed E-state index contributed by atoms with van der Waals surface area (Å²) < 4.78 is 13.6. The van der Waals surface area contributed by atoms with Crippen molar-refractivity contribution >= 4 is 0 Å². The topological polar surface area (TPSA) is 26.6 Å². The molecule has 134 valence electrons. The van der Waals surface area contributed by atoms with Gasteiger partial charge in [0.1, 0.15) is 12.0 Å². The fraction of sp³-hybridized carbons (Fsp3) is 0.273. The van der Waals surface area contributed by atoms with Gasteiger partial charge in [-0.15, -0.1) is 0 Å². The summed E-state index contributed by atoms with van der Waals surface area (Å²) in [5, 5.41) is 0. The quantitative estimate of drug-likeness (QED) is 0.687. The van der Waals surface area contributed by atoms with Crippen LogP contribution in [0.2, 0.25) is 0 Å². The van der Waals surface area contributed by atoms with Crippen molar-refractivity contribution in [2.24, 2.45) is 0 Å². The first-order valence-electron chi connectivity index (χ1n) is 8.97. The Balaban J connectivity index is 1.56. The Labute approximate surface area is 154 Å². The van der Waals surface area contributed by atoms with Gasteiger partial charge < -0.3 is 14.0 Å². The van der Waals surface area contributed by atoms with Crippen molar-refractivity contribution in [2.75, 3.05) is 20.3 Å². The number of hydrogen-bond acceptors (Lipinski definition) is 3. The first-order chi connectivity index (χ1) is 12.7. The van der Waals surface area contributed by atoms with Crippen LogP contribution in [0.15, 0.2) is 67.0 Å². The summed E-state index contributed by atoms with van der Waals surface area (Å²) in [7, 11) is 1.70. The number of hydrogen-bond donors (Lipinski definition) is 0. The highest BCUT2D eigenvalue weighted by molar-refractivity contribution is 5.47. The average molecular weight is 348 g/mol. The Morgan fingerprint density at radius 1 is 1.12 bits per heavy atom. The molecule has 0 bridgehead atoms. The Bertz CT molecular complexity index is 887. The smallest absolute Gasteiger partial charge is 0.142 e. The fourth-order valence-electron chi connectivity index (χ4n) is 3.57. The Morgan fingerprint density at radius 2 is 2.00 bits per heavy atom. The molecule has 2 aromatic carbocycles. The minimum atomic E-state index is -0.00790. The molecular formula is C22H24N2O2. The van der Waals surface area contributed by atoms with E-state index >= 15 is 0 Å². The van der Waals surface area contributed by atoms with Crippen LogP contribution in [0.3, 0.4) is 0 Å². The molecule has 4 nitrogen and oxygen atoms in total. The van der Waals surface area contributed by atoms with E-state index in [1.54, 1.807) is 7.11 Å². The summed E-state index contributed by atoms with van der Waals surface area (Å²) in [5.74, 6) is 0.860. The van der Waals surface area contributed by atoms with E-state index in [4.69, 9.17) is 9.47 Å². The zero-order valence-corrected chi connectivity index (χ0v) is 15.3. The first kappa shape index (κ1) is 16.9. The van der Waals surface area contributed by atoms with E-state index in [0.717, 1.165) is 31.1 Å². The van der Waals surface area contributed by atoms with Crippen LogP contribution in [0.5, 0.6) is 5.75 Å². The molecule has 1 aliphatic heterocycles. The maximum Gasteiger partial charge on any atom is 0.142 e. The van der Waals surface area contributed by atoms with Gasteiger partial charge in [0.25, 0.3) is 0 Å². The van der Waals surface area contributed by atoms with Crippen LogP contribution < -0.4 is 4.74 Å². The number of rotatable bonds is 5. The summed E-state index contributed by atoms with van der Waals surface area (Å²) in [6, 6.07) is 18.9. The molecule has 0 radical (unpaired) electrons. The normalized spacial score (nSPS) is 17.5. The zero-order chi connectivity index (χ0) is 17.9. The average Bonchev–Trinajstić information content (AvgIpc) is 3.31. The van der Waals surface area contributed by atoms with Crippen LogP contribution in [-0.2, 0) is 11.3 Å². The third kappa shape index (κ3) is 3.39. The molecule has 4 rings (SSSR count). The van der Waals surface area contributed by atoms with E-state index in [2.05, 4.69) is 65.2 Å². The van der Waals surface area contributed by atoms with E-state index in [1.807, 2.05) is 18.2 Å². The fourth-order valence-corrected chi connectivity index (χ4v) is 3.57. The lowest BCUT2D eigenvalue weighted by Gasteiger charge is -2.22. The van der Waals surface area contributed by atoms with Gasteiger partial charge in [-0.2, -0.15) is 0 Å². The lowest BCUT2D eigenvalue weighted by Crippen LogP contribution is -2.23. The number of benzene rings is 2. The third-order valence-electron chi connectivity index (χ3n) is 4.82. The molecule has 1 atom stereocenters. The van der Waals surface area contributed by atoms with Gasteiger partial charge in [0.2, 0.25) is 0 Å². The molecule has 4 heteroatoms. The highest BCUT2D eigenvalue weighted by atomic mass is 16.5. The molecule has 2 heterocycles. The van der Waals surface area contributed by atoms with Crippen LogP contribution in [-0.4, -0.2) is 29.7 Å². The van der Waals surface area contributed by atoms with Crippen molar-refractivity contribution < 1.29 is 9.47 Å². The maximum atomic E-state index is 6.04. The Hall–Kier alpha value is -2.56. The van der Waals surface area contributed by atoms with Crippen molar-refractivity contribution in [1.29, 1.82) is 0 Å². The number of para-hydroxylation sites is 2. The van der Waals surface area contributed by atoms with Gasteiger partial charge >= 0.3 is 0 Å². The lowest BCUT2D eigenvalue weighted by molar-refractivity contribution is 0.0288. The maximum absolute atomic E-state index is 6.04. The largest absolute Gasteiger partial charge is 0.495 e. The van der Waals surface area contributed by atoms with Crippen molar-refractivity contribution in [1.82, 2.24) is 9.47 Å². The molecule has 1 fully saturated rings. The molecule has 1 aliphatic rings. The van der Waals surface area contributed by atoms with Crippen LogP contribution >= 0.6 is 0 Å². The molecule has 1 unspecified atom stereocenters. The second-order valence-corrected chi connectivity index (χ2v) is 6.71. The van der Waals surface area contributed by atoms with Gasteiger partial charge in [0, 0.05) is 31.0 Å². The molecule has 26 heavy (non-hydrogen) atoms. The van der Waals surface area contributed by atoms with E-state index in [9.17, 15) is 0 Å². The SMILES string of the molecule is COc1ccccc1-n1ccc(C2OCCN2Cc2cccc(C)c2)c1. The standard InChI is InChI=1S/C22H24N2O2/c1-17-6-5-7-18(14-17)15-24-12-13-26-22(24)19-10-11-23(16-19)20-8-3-4-9-21(20)25-2/h3-11,14,16,22H,12-13,15H2,1-2H3. The van der Waals surface area contributed by atoms with Crippen molar-refractivity contribution in [3.8, 4) is 11.4 Å². The molecule has 0 N–H and O–H groups in total. The summed E-state index contributed by atoms with van der Waals surface area (Å²) >= 11 is 0. The van der Waals surface area contributed by atoms with Crippen LogP contribution in [0.1, 0.15) is 22.9 Å².